The lowest BCUT2D eigenvalue weighted by Crippen LogP contribution is -2.51. The molecule has 0 bridgehead atoms. The third kappa shape index (κ3) is 8.26. The van der Waals surface area contributed by atoms with E-state index in [1.165, 1.54) is 11.6 Å². The molecule has 0 aliphatic carbocycles. The van der Waals surface area contributed by atoms with Gasteiger partial charge in [0, 0.05) is 75.6 Å². The van der Waals surface area contributed by atoms with Crippen molar-refractivity contribution in [1.82, 2.24) is 30.1 Å². The molecule has 0 radical (unpaired) electrons. The molecule has 1 atom stereocenters. The second-order valence-corrected chi connectivity index (χ2v) is 13.7. The van der Waals surface area contributed by atoms with E-state index in [-0.39, 0.29) is 41.7 Å². The topological polar surface area (TPSA) is 171 Å². The van der Waals surface area contributed by atoms with E-state index >= 15 is 0 Å². The highest BCUT2D eigenvalue weighted by Crippen LogP contribution is 2.30. The first-order chi connectivity index (χ1) is 25.4. The predicted octanol–water partition coefficient (Wildman–Crippen LogP) is 3.01. The number of pyridine rings is 1. The average molecular weight is 744 g/mol. The molecule has 6 rings (SSSR count). The number of aldehydes is 1. The number of carbonyl (C=O) groups excluding carboxylic acids is 4. The minimum Gasteiger partial charge on any atom is -0.478 e. The molecular formula is C37H42ClN9O6. The standard InChI is InChI=1S/C37H42ClN9O6/c1-39-33(50)21-53-31-17-23-15-25(6-8-29(23)46(4)36(31)52)41-34-28(38)18-40-37(43-34)45(3)26-11-13-47(14-12-26)27-7-5-22(20-48)24(16-27)19-44(2)30-9-10-32(49)42-35(30)51/h5-8,15-18,20,26,30H,9-14,19,21H2,1-4H3,(H,39,50)(H,40,41,43)(H,42,49,51). The van der Waals surface area contributed by atoms with Crippen LogP contribution in [0.1, 0.15) is 41.6 Å². The lowest BCUT2D eigenvalue weighted by Gasteiger charge is -2.38. The van der Waals surface area contributed by atoms with E-state index in [2.05, 4.69) is 30.7 Å². The third-order valence-electron chi connectivity index (χ3n) is 9.93. The van der Waals surface area contributed by atoms with Crippen molar-refractivity contribution in [2.24, 2.45) is 7.05 Å². The summed E-state index contributed by atoms with van der Waals surface area (Å²) < 4.78 is 6.96. The first kappa shape index (κ1) is 37.2. The Labute approximate surface area is 311 Å². The largest absolute Gasteiger partial charge is 0.478 e. The number of anilines is 4. The summed E-state index contributed by atoms with van der Waals surface area (Å²) in [6.07, 6.45) is 4.80. The molecule has 2 aliphatic rings. The van der Waals surface area contributed by atoms with Gasteiger partial charge in [0.05, 0.1) is 17.8 Å². The molecule has 53 heavy (non-hydrogen) atoms. The first-order valence-electron chi connectivity index (χ1n) is 17.3. The van der Waals surface area contributed by atoms with Crippen molar-refractivity contribution in [3.63, 3.8) is 0 Å². The molecule has 4 aromatic rings. The van der Waals surface area contributed by atoms with Gasteiger partial charge >= 0.3 is 0 Å². The van der Waals surface area contributed by atoms with Crippen molar-refractivity contribution in [1.29, 1.82) is 0 Å². The number of imide groups is 1. The van der Waals surface area contributed by atoms with Crippen LogP contribution < -0.4 is 36.0 Å². The Morgan fingerprint density at radius 2 is 1.87 bits per heavy atom. The molecule has 3 amide bonds. The van der Waals surface area contributed by atoms with Crippen LogP contribution in [0.15, 0.2) is 53.5 Å². The second-order valence-electron chi connectivity index (χ2n) is 13.3. The molecule has 2 aliphatic heterocycles. The van der Waals surface area contributed by atoms with E-state index in [1.807, 2.05) is 55.4 Å². The van der Waals surface area contributed by atoms with Gasteiger partial charge in [-0.25, -0.2) is 4.98 Å². The lowest BCUT2D eigenvalue weighted by atomic mass is 10.00. The van der Waals surface area contributed by atoms with Gasteiger partial charge in [-0.15, -0.1) is 0 Å². The molecule has 0 spiro atoms. The van der Waals surface area contributed by atoms with Crippen molar-refractivity contribution in [2.45, 2.75) is 44.3 Å². The van der Waals surface area contributed by atoms with E-state index in [0.29, 0.717) is 58.3 Å². The predicted molar refractivity (Wildman–Crippen MR) is 202 cm³/mol. The van der Waals surface area contributed by atoms with Gasteiger partial charge in [0.2, 0.25) is 17.8 Å². The number of fused-ring (bicyclic) bond motifs is 1. The number of benzene rings is 2. The fourth-order valence-corrected chi connectivity index (χ4v) is 6.94. The Morgan fingerprint density at radius 3 is 2.58 bits per heavy atom. The number of amides is 3. The van der Waals surface area contributed by atoms with Crippen LogP contribution >= 0.6 is 11.6 Å². The smallest absolute Gasteiger partial charge is 0.293 e. The zero-order chi connectivity index (χ0) is 37.8. The van der Waals surface area contributed by atoms with Crippen LogP contribution in [0, 0.1) is 0 Å². The third-order valence-corrected chi connectivity index (χ3v) is 10.2. The van der Waals surface area contributed by atoms with Crippen LogP contribution in [0.5, 0.6) is 5.75 Å². The van der Waals surface area contributed by atoms with E-state index in [9.17, 15) is 24.0 Å². The number of nitrogens with zero attached hydrogens (tertiary/aromatic N) is 6. The molecule has 2 saturated heterocycles. The van der Waals surface area contributed by atoms with Gasteiger partial charge in [0.1, 0.15) is 11.3 Å². The Bertz CT molecular complexity index is 2120. The minimum atomic E-state index is -0.437. The summed E-state index contributed by atoms with van der Waals surface area (Å²) in [7, 11) is 6.94. The highest BCUT2D eigenvalue weighted by Gasteiger charge is 2.30. The maximum Gasteiger partial charge on any atom is 0.293 e. The zero-order valence-electron chi connectivity index (χ0n) is 30.0. The summed E-state index contributed by atoms with van der Waals surface area (Å²) in [6, 6.07) is 12.6. The van der Waals surface area contributed by atoms with Gasteiger partial charge in [-0.1, -0.05) is 11.6 Å². The molecule has 3 N–H and O–H groups in total. The molecule has 16 heteroatoms. The zero-order valence-corrected chi connectivity index (χ0v) is 30.8. The number of carbonyl (C=O) groups is 4. The number of halogens is 1. The van der Waals surface area contributed by atoms with Gasteiger partial charge < -0.3 is 29.7 Å². The lowest BCUT2D eigenvalue weighted by molar-refractivity contribution is -0.137. The minimum absolute atomic E-state index is 0.0616. The number of nitrogens with one attached hydrogen (secondary N) is 3. The van der Waals surface area contributed by atoms with Gasteiger partial charge in [0.25, 0.3) is 11.5 Å². The number of piperidine rings is 2. The summed E-state index contributed by atoms with van der Waals surface area (Å²) >= 11 is 6.55. The molecule has 2 fully saturated rings. The number of likely N-dealkylation sites (N-methyl/N-ethyl adjacent to an activating group) is 2. The maximum atomic E-state index is 12.8. The number of hydrogen-bond donors (Lipinski definition) is 3. The van der Waals surface area contributed by atoms with E-state index in [1.54, 1.807) is 19.3 Å². The van der Waals surface area contributed by atoms with Crippen LogP contribution in [0.2, 0.25) is 5.02 Å². The molecule has 15 nitrogen and oxygen atoms in total. The maximum absolute atomic E-state index is 12.8. The van der Waals surface area contributed by atoms with Gasteiger partial charge in [0.15, 0.2) is 18.2 Å². The molecule has 278 valence electrons. The number of ether oxygens (including phenoxy) is 1. The van der Waals surface area contributed by atoms with E-state index < -0.39 is 6.04 Å². The number of aromatic nitrogens is 3. The van der Waals surface area contributed by atoms with E-state index in [4.69, 9.17) is 21.3 Å². The molecular weight excluding hydrogens is 702 g/mol. The molecule has 4 heterocycles. The van der Waals surface area contributed by atoms with Crippen LogP contribution in [-0.2, 0) is 28.0 Å². The summed E-state index contributed by atoms with van der Waals surface area (Å²) in [4.78, 5) is 75.9. The SMILES string of the molecule is CNC(=O)COc1cc2cc(Nc3nc(N(C)C4CCN(c5ccc(C=O)c(CN(C)C6CCC(=O)NC6=O)c5)CC4)ncc3Cl)ccc2n(C)c1=O. The number of rotatable bonds is 12. The summed E-state index contributed by atoms with van der Waals surface area (Å²) in [5.41, 5.74) is 3.40. The summed E-state index contributed by atoms with van der Waals surface area (Å²) in [5.74, 6) is 0.0782. The van der Waals surface area contributed by atoms with Crippen LogP contribution in [-0.4, -0.2) is 96.4 Å². The number of hydrogen-bond acceptors (Lipinski definition) is 12. The molecule has 2 aromatic carbocycles. The quantitative estimate of drug-likeness (QED) is 0.143. The van der Waals surface area contributed by atoms with E-state index in [0.717, 1.165) is 43.5 Å². The van der Waals surface area contributed by atoms with Crippen molar-refractivity contribution in [3.8, 4) is 5.75 Å². The Balaban J connectivity index is 1.12. The van der Waals surface area contributed by atoms with Gasteiger partial charge in [-0.2, -0.15) is 4.98 Å². The van der Waals surface area contributed by atoms with Gasteiger partial charge in [-0.05, 0) is 74.3 Å². The van der Waals surface area contributed by atoms with Crippen LogP contribution in [0.3, 0.4) is 0 Å². The van der Waals surface area contributed by atoms with Gasteiger partial charge in [-0.3, -0.25) is 34.2 Å². The first-order valence-corrected chi connectivity index (χ1v) is 17.7. The fraction of sp³-hybridized carbons (Fsp3) is 0.378. The van der Waals surface area contributed by atoms with Crippen LogP contribution in [0.25, 0.3) is 10.9 Å². The molecule has 0 saturated carbocycles. The Kier molecular flexibility index (Phi) is 11.2. The fourth-order valence-electron chi connectivity index (χ4n) is 6.80. The Morgan fingerprint density at radius 1 is 1.09 bits per heavy atom. The van der Waals surface area contributed by atoms with Crippen molar-refractivity contribution in [3.05, 3.63) is 75.2 Å². The monoisotopic (exact) mass is 743 g/mol. The molecule has 1 unspecified atom stereocenters. The van der Waals surface area contributed by atoms with Crippen molar-refractivity contribution < 1.29 is 23.9 Å². The highest BCUT2D eigenvalue weighted by molar-refractivity contribution is 6.33. The number of aryl methyl sites for hydroxylation is 1. The average Bonchev–Trinajstić information content (AvgIpc) is 3.16. The normalized spacial score (nSPS) is 16.4. The van der Waals surface area contributed by atoms with Crippen LogP contribution in [0.4, 0.5) is 23.1 Å². The molecule has 2 aromatic heterocycles. The second kappa shape index (κ2) is 16.0. The van der Waals surface area contributed by atoms with Crippen molar-refractivity contribution in [2.75, 3.05) is 56.0 Å². The highest BCUT2D eigenvalue weighted by atomic mass is 35.5. The Hall–Kier alpha value is -5.54. The summed E-state index contributed by atoms with van der Waals surface area (Å²) in [6.45, 7) is 1.66. The summed E-state index contributed by atoms with van der Waals surface area (Å²) in [5, 5.41) is 9.21. The van der Waals surface area contributed by atoms with Crippen molar-refractivity contribution >= 4 is 69.7 Å².